The van der Waals surface area contributed by atoms with Crippen LogP contribution in [-0.4, -0.2) is 50.1 Å². The van der Waals surface area contributed by atoms with Crippen LogP contribution in [-0.2, 0) is 23.9 Å². The summed E-state index contributed by atoms with van der Waals surface area (Å²) >= 11 is 0. The number of ether oxygens (including phenoxy) is 2. The predicted molar refractivity (Wildman–Crippen MR) is 140 cm³/mol. The van der Waals surface area contributed by atoms with E-state index in [0.29, 0.717) is 19.4 Å². The van der Waals surface area contributed by atoms with Crippen LogP contribution in [0.2, 0.25) is 0 Å². The highest BCUT2D eigenvalue weighted by Gasteiger charge is 2.31. The Balaban J connectivity index is 0.00000507. The Labute approximate surface area is 229 Å². The van der Waals surface area contributed by atoms with Crippen LogP contribution in [0.5, 0.6) is 0 Å². The highest BCUT2D eigenvalue weighted by atomic mass is 35.5. The van der Waals surface area contributed by atoms with Crippen LogP contribution in [0.1, 0.15) is 42.7 Å². The lowest BCUT2D eigenvalue weighted by Gasteiger charge is -2.21. The van der Waals surface area contributed by atoms with Crippen molar-refractivity contribution in [2.75, 3.05) is 20.3 Å². The number of guanidine groups is 1. The molecular formula is C28H35ClN4O5. The molecule has 0 fully saturated rings. The van der Waals surface area contributed by atoms with Gasteiger partial charge in [-0.1, -0.05) is 54.6 Å². The summed E-state index contributed by atoms with van der Waals surface area (Å²) in [5.41, 5.74) is 15.4. The van der Waals surface area contributed by atoms with Gasteiger partial charge in [0.15, 0.2) is 0 Å². The van der Waals surface area contributed by atoms with Crippen molar-refractivity contribution < 1.29 is 41.3 Å². The highest BCUT2D eigenvalue weighted by Crippen LogP contribution is 2.44. The van der Waals surface area contributed by atoms with Gasteiger partial charge in [0.2, 0.25) is 5.91 Å². The molecule has 10 heteroatoms. The largest absolute Gasteiger partial charge is 1.00 e. The minimum Gasteiger partial charge on any atom is -1.00 e. The van der Waals surface area contributed by atoms with Gasteiger partial charge in [-0.05, 0) is 41.5 Å². The summed E-state index contributed by atoms with van der Waals surface area (Å²) < 4.78 is 10.5. The van der Waals surface area contributed by atoms with E-state index in [4.69, 9.17) is 20.9 Å². The van der Waals surface area contributed by atoms with Crippen LogP contribution in [0.15, 0.2) is 61.2 Å². The second kappa shape index (κ2) is 14.8. The Morgan fingerprint density at radius 2 is 1.68 bits per heavy atom. The predicted octanol–water partition coefficient (Wildman–Crippen LogP) is -2.28. The molecule has 1 amide bonds. The summed E-state index contributed by atoms with van der Waals surface area (Å²) in [6.07, 6.45) is 2.48. The Bertz CT molecular complexity index is 1120. The van der Waals surface area contributed by atoms with Crippen molar-refractivity contribution in [3.63, 3.8) is 0 Å². The fraction of sp³-hybridized carbons (Fsp3) is 0.357. The van der Waals surface area contributed by atoms with Crippen molar-refractivity contribution in [2.45, 2.75) is 37.6 Å². The molecule has 2 aromatic rings. The van der Waals surface area contributed by atoms with Gasteiger partial charge >= 0.3 is 17.9 Å². The minimum absolute atomic E-state index is 0. The first-order valence-electron chi connectivity index (χ1n) is 12.3. The van der Waals surface area contributed by atoms with Crippen LogP contribution in [0, 0.1) is 5.92 Å². The molecular weight excluding hydrogens is 508 g/mol. The number of rotatable bonds is 13. The molecule has 0 heterocycles. The molecule has 0 bridgehead atoms. The maximum Gasteiger partial charge on any atom is 0.338 e. The standard InChI is InChI=1S/C28H34N4O5.ClH/c1-3-9-24(27(35)36-2)32-26(34)18(10-8-15-31-28(29)30)16-25(33)37-17-23-21-13-6-4-11-19(21)20-12-5-7-14-22(20)23;/h3-7,11-14,18,23-24H,1,8-10,15-17H2,2H3,(H,32,34)(H4,29,30,31);1H/t18-,24-;/m0./s1. The van der Waals surface area contributed by atoms with Crippen molar-refractivity contribution in [3.8, 4) is 11.1 Å². The zero-order chi connectivity index (χ0) is 26.8. The van der Waals surface area contributed by atoms with Gasteiger partial charge in [0, 0.05) is 11.8 Å². The number of carbonyl (C=O) groups excluding carboxylic acids is 3. The Morgan fingerprint density at radius 3 is 2.24 bits per heavy atom. The van der Waals surface area contributed by atoms with Crippen molar-refractivity contribution in [2.24, 2.45) is 17.4 Å². The lowest BCUT2D eigenvalue weighted by molar-refractivity contribution is -0.459. The lowest BCUT2D eigenvalue weighted by Crippen LogP contribution is -3.00. The van der Waals surface area contributed by atoms with E-state index in [0.717, 1.165) is 22.3 Å². The molecule has 204 valence electrons. The molecule has 0 spiro atoms. The molecule has 6 N–H and O–H groups in total. The molecule has 0 unspecified atom stereocenters. The first-order valence-corrected chi connectivity index (χ1v) is 12.3. The summed E-state index contributed by atoms with van der Waals surface area (Å²) in [5.74, 6) is -2.22. The summed E-state index contributed by atoms with van der Waals surface area (Å²) in [5, 5.41) is 2.68. The van der Waals surface area contributed by atoms with E-state index in [1.54, 1.807) is 0 Å². The molecule has 38 heavy (non-hydrogen) atoms. The number of benzene rings is 2. The highest BCUT2D eigenvalue weighted by molar-refractivity contribution is 5.88. The van der Waals surface area contributed by atoms with E-state index >= 15 is 0 Å². The molecule has 0 aromatic heterocycles. The molecule has 1 aliphatic rings. The maximum atomic E-state index is 13.1. The number of nitrogens with two attached hydrogens (primary N) is 2. The van der Waals surface area contributed by atoms with Crippen molar-refractivity contribution in [3.05, 3.63) is 72.3 Å². The fourth-order valence-electron chi connectivity index (χ4n) is 4.60. The average Bonchev–Trinajstić information content (AvgIpc) is 3.22. The number of hydrogen-bond donors (Lipinski definition) is 4. The number of esters is 2. The van der Waals surface area contributed by atoms with E-state index in [1.807, 2.05) is 36.4 Å². The van der Waals surface area contributed by atoms with E-state index in [-0.39, 0.29) is 43.7 Å². The number of carbonyl (C=O) groups is 3. The van der Waals surface area contributed by atoms with Crippen LogP contribution in [0.4, 0.5) is 0 Å². The van der Waals surface area contributed by atoms with Crippen LogP contribution >= 0.6 is 0 Å². The number of fused-ring (bicyclic) bond motifs is 3. The van der Waals surface area contributed by atoms with Gasteiger partial charge in [-0.2, -0.15) is 0 Å². The molecule has 2 atom stereocenters. The monoisotopic (exact) mass is 542 g/mol. The number of halogens is 1. The van der Waals surface area contributed by atoms with Crippen LogP contribution < -0.4 is 34.2 Å². The summed E-state index contributed by atoms with van der Waals surface area (Å²) in [4.78, 5) is 40.8. The Kier molecular flexibility index (Phi) is 11.8. The smallest absolute Gasteiger partial charge is 0.338 e. The van der Waals surface area contributed by atoms with Crippen LogP contribution in [0.25, 0.3) is 11.1 Å². The Hall–Kier alpha value is -3.85. The number of hydrogen-bond acceptors (Lipinski definition) is 5. The van der Waals surface area contributed by atoms with Gasteiger partial charge in [-0.15, -0.1) is 6.58 Å². The summed E-state index contributed by atoms with van der Waals surface area (Å²) in [6, 6.07) is 15.3. The zero-order valence-corrected chi connectivity index (χ0v) is 22.2. The lowest BCUT2D eigenvalue weighted by atomic mass is 9.97. The number of nitrogens with one attached hydrogen (secondary N) is 2. The molecule has 0 aliphatic heterocycles. The molecule has 0 saturated heterocycles. The zero-order valence-electron chi connectivity index (χ0n) is 21.5. The first-order chi connectivity index (χ1) is 17.8. The summed E-state index contributed by atoms with van der Waals surface area (Å²) in [7, 11) is 1.25. The molecule has 9 nitrogen and oxygen atoms in total. The van der Waals surface area contributed by atoms with Gasteiger partial charge in [0.05, 0.1) is 20.1 Å². The molecule has 0 radical (unpaired) electrons. The van der Waals surface area contributed by atoms with Crippen molar-refractivity contribution in [1.29, 1.82) is 0 Å². The van der Waals surface area contributed by atoms with Gasteiger partial charge in [0.1, 0.15) is 12.6 Å². The van der Waals surface area contributed by atoms with E-state index in [9.17, 15) is 14.4 Å². The Morgan fingerprint density at radius 1 is 1.08 bits per heavy atom. The van der Waals surface area contributed by atoms with E-state index < -0.39 is 29.8 Å². The molecule has 1 aliphatic carbocycles. The number of amides is 1. The molecule has 0 saturated carbocycles. The fourth-order valence-corrected chi connectivity index (χ4v) is 4.60. The first kappa shape index (κ1) is 30.4. The third kappa shape index (κ3) is 7.82. The SMILES string of the molecule is C=CC[C@H](NC(=O)[C@@H](CCC[NH+]=C(N)N)CC(=O)OCC1c2ccccc2-c2ccccc21)C(=O)OC.[Cl-]. The van der Waals surface area contributed by atoms with Crippen molar-refractivity contribution in [1.82, 2.24) is 5.32 Å². The van der Waals surface area contributed by atoms with Gasteiger partial charge in [0.25, 0.3) is 0 Å². The normalized spacial score (nSPS) is 13.1. The minimum atomic E-state index is -0.883. The van der Waals surface area contributed by atoms with E-state index in [1.165, 1.54) is 13.2 Å². The summed E-state index contributed by atoms with van der Waals surface area (Å²) in [6.45, 7) is 4.23. The maximum absolute atomic E-state index is 13.1. The van der Waals surface area contributed by atoms with Gasteiger partial charge in [-0.3, -0.25) is 26.0 Å². The third-order valence-corrected chi connectivity index (χ3v) is 6.42. The van der Waals surface area contributed by atoms with Crippen molar-refractivity contribution >= 4 is 23.8 Å². The molecule has 3 rings (SSSR count). The van der Waals surface area contributed by atoms with Gasteiger partial charge in [-0.25, -0.2) is 4.79 Å². The topological polar surface area (TPSA) is 148 Å². The third-order valence-electron chi connectivity index (χ3n) is 6.42. The van der Waals surface area contributed by atoms with Crippen LogP contribution in [0.3, 0.4) is 0 Å². The van der Waals surface area contributed by atoms with Gasteiger partial charge < -0.3 is 27.2 Å². The molecule has 2 aromatic carbocycles. The van der Waals surface area contributed by atoms with E-state index in [2.05, 4.69) is 29.0 Å². The second-order valence-electron chi connectivity index (χ2n) is 8.94. The average molecular weight is 543 g/mol. The number of methoxy groups -OCH3 is 1. The second-order valence-corrected chi connectivity index (χ2v) is 8.94. The quantitative estimate of drug-likeness (QED) is 0.0733.